The van der Waals surface area contributed by atoms with Gasteiger partial charge in [-0.2, -0.15) is 4.98 Å². The van der Waals surface area contributed by atoms with Crippen LogP contribution in [0.2, 0.25) is 0 Å². The van der Waals surface area contributed by atoms with Gasteiger partial charge in [-0.1, -0.05) is 25.0 Å². The number of cyclic esters (lactones) is 1. The van der Waals surface area contributed by atoms with E-state index in [9.17, 15) is 9.90 Å². The summed E-state index contributed by atoms with van der Waals surface area (Å²) in [6.45, 7) is 3.82. The second kappa shape index (κ2) is 10.3. The largest absolute Gasteiger partial charge is 0.512 e. The average Bonchev–Trinajstić information content (AvgIpc) is 3.57. The molecule has 1 atom stereocenters. The Kier molecular flexibility index (Phi) is 6.89. The van der Waals surface area contributed by atoms with E-state index in [2.05, 4.69) is 20.4 Å². The lowest BCUT2D eigenvalue weighted by Gasteiger charge is -2.43. The number of nitrogens with zero attached hydrogens (tertiary/aromatic N) is 4. The van der Waals surface area contributed by atoms with Crippen LogP contribution >= 0.6 is 0 Å². The highest BCUT2D eigenvalue weighted by atomic mass is 19.1. The van der Waals surface area contributed by atoms with E-state index < -0.39 is 11.6 Å². The Balaban J connectivity index is 1.23. The first-order valence-corrected chi connectivity index (χ1v) is 14.5. The van der Waals surface area contributed by atoms with Crippen LogP contribution in [0, 0.1) is 25.6 Å². The number of ether oxygens (including phenoxy) is 1. The van der Waals surface area contributed by atoms with Crippen LogP contribution in [-0.4, -0.2) is 43.3 Å². The van der Waals surface area contributed by atoms with E-state index in [4.69, 9.17) is 4.74 Å². The zero-order valence-corrected chi connectivity index (χ0v) is 23.6. The molecule has 9 heteroatoms. The van der Waals surface area contributed by atoms with Gasteiger partial charge in [0.25, 0.3) is 5.78 Å². The van der Waals surface area contributed by atoms with Gasteiger partial charge in [0.05, 0.1) is 5.57 Å². The maximum absolute atomic E-state index is 15.2. The van der Waals surface area contributed by atoms with Crippen LogP contribution in [0.5, 0.6) is 0 Å². The topological polar surface area (TPSA) is 102 Å². The van der Waals surface area contributed by atoms with Crippen molar-refractivity contribution in [3.63, 3.8) is 0 Å². The molecule has 1 aromatic carbocycles. The number of benzene rings is 1. The second-order valence-corrected chi connectivity index (χ2v) is 12.0. The number of hydrogen-bond acceptors (Lipinski definition) is 7. The first-order valence-electron chi connectivity index (χ1n) is 14.5. The summed E-state index contributed by atoms with van der Waals surface area (Å²) in [6, 6.07) is 7.45. The van der Waals surface area contributed by atoms with Crippen molar-refractivity contribution in [1.82, 2.24) is 24.9 Å². The molecule has 0 saturated heterocycles. The van der Waals surface area contributed by atoms with E-state index in [0.717, 1.165) is 67.5 Å². The molecule has 1 aliphatic heterocycles. The first kappa shape index (κ1) is 26.9. The Morgan fingerprint density at radius 2 is 1.93 bits per heavy atom. The number of aliphatic hydroxyl groups is 1. The molecule has 6 rings (SSSR count). The van der Waals surface area contributed by atoms with E-state index in [-0.39, 0.29) is 41.4 Å². The third-order valence-corrected chi connectivity index (χ3v) is 9.53. The summed E-state index contributed by atoms with van der Waals surface area (Å²) in [5.74, 6) is 0.382. The summed E-state index contributed by atoms with van der Waals surface area (Å²) >= 11 is 0. The molecular weight excluding hydrogens is 509 g/mol. The number of halogens is 1. The molecule has 2 N–H and O–H groups in total. The predicted octanol–water partition coefficient (Wildman–Crippen LogP) is 5.34. The molecule has 40 heavy (non-hydrogen) atoms. The molecule has 2 saturated carbocycles. The van der Waals surface area contributed by atoms with Crippen LogP contribution in [-0.2, 0) is 27.9 Å². The zero-order valence-electron chi connectivity index (χ0n) is 23.6. The van der Waals surface area contributed by atoms with Crippen molar-refractivity contribution in [3.05, 3.63) is 69.8 Å². The highest BCUT2D eigenvalue weighted by Crippen LogP contribution is 2.46. The molecule has 212 valence electrons. The van der Waals surface area contributed by atoms with Crippen LogP contribution in [0.15, 0.2) is 35.6 Å². The van der Waals surface area contributed by atoms with Gasteiger partial charge in [0, 0.05) is 35.3 Å². The fourth-order valence-electron chi connectivity index (χ4n) is 7.07. The van der Waals surface area contributed by atoms with E-state index in [1.807, 2.05) is 39.1 Å². The van der Waals surface area contributed by atoms with Crippen LogP contribution in [0.4, 0.5) is 4.39 Å². The number of nitrogens with one attached hydrogen (secondary N) is 1. The number of aryl methyl sites for hydroxylation is 3. The van der Waals surface area contributed by atoms with Gasteiger partial charge in [-0.3, -0.25) is 0 Å². The van der Waals surface area contributed by atoms with E-state index in [1.54, 1.807) is 10.6 Å². The molecule has 0 amide bonds. The Hall–Kier alpha value is -3.33. The third-order valence-electron chi connectivity index (χ3n) is 9.53. The Morgan fingerprint density at radius 1 is 1.15 bits per heavy atom. The van der Waals surface area contributed by atoms with Gasteiger partial charge in [-0.05, 0) is 89.5 Å². The first-order chi connectivity index (χ1) is 19.2. The van der Waals surface area contributed by atoms with Crippen molar-refractivity contribution in [3.8, 4) is 0 Å². The van der Waals surface area contributed by atoms with Crippen molar-refractivity contribution >= 4 is 11.7 Å². The van der Waals surface area contributed by atoms with Gasteiger partial charge in [0.2, 0.25) is 0 Å². The molecule has 2 fully saturated rings. The number of esters is 1. The Morgan fingerprint density at radius 3 is 2.58 bits per heavy atom. The predicted molar refractivity (Wildman–Crippen MR) is 148 cm³/mol. The number of carbonyl (C=O) groups excluding carboxylic acids is 1. The van der Waals surface area contributed by atoms with Crippen LogP contribution < -0.4 is 5.32 Å². The third kappa shape index (κ3) is 4.68. The average molecular weight is 548 g/mol. The van der Waals surface area contributed by atoms with Crippen molar-refractivity contribution in [2.45, 2.75) is 95.6 Å². The van der Waals surface area contributed by atoms with E-state index >= 15 is 4.39 Å². The zero-order chi connectivity index (χ0) is 28.1. The standard InChI is InChI=1S/C31H38FN5O3/c1-19-15-20(2)37-29(34-19)35-27(36-37)17-23-26(38)18-31(40-28(23)39,22-7-4-5-8-22)14-11-21-9-10-24(25(32)16-21)30(33-3)12-6-13-30/h9-10,15-16,22,33,38H,4-8,11-14,17-18H2,1-3H3. The SMILES string of the molecule is CNC1(c2ccc(CCC3(C4CCCC4)CC(O)=C(Cc4nc5nc(C)cc(C)n5n4)C(=O)O3)cc2F)CCC1. The fraction of sp³-hybridized carbons (Fsp3) is 0.548. The number of fused-ring (bicyclic) bond motifs is 1. The van der Waals surface area contributed by atoms with Crippen LogP contribution in [0.25, 0.3) is 5.78 Å². The minimum Gasteiger partial charge on any atom is -0.512 e. The van der Waals surface area contributed by atoms with Crippen molar-refractivity contribution in [2.24, 2.45) is 5.92 Å². The number of carbonyl (C=O) groups is 1. The second-order valence-electron chi connectivity index (χ2n) is 12.0. The lowest BCUT2D eigenvalue weighted by atomic mass is 9.71. The summed E-state index contributed by atoms with van der Waals surface area (Å²) in [5.41, 5.74) is 2.47. The number of aromatic nitrogens is 4. The maximum Gasteiger partial charge on any atom is 0.338 e. The van der Waals surface area contributed by atoms with Gasteiger partial charge in [0.15, 0.2) is 5.82 Å². The molecule has 3 aromatic rings. The molecular formula is C31H38FN5O3. The maximum atomic E-state index is 15.2. The summed E-state index contributed by atoms with van der Waals surface area (Å²) in [5, 5.41) is 19.1. The molecule has 3 aliphatic rings. The van der Waals surface area contributed by atoms with Crippen molar-refractivity contribution < 1.29 is 19.0 Å². The van der Waals surface area contributed by atoms with Crippen LogP contribution in [0.1, 0.15) is 86.1 Å². The summed E-state index contributed by atoms with van der Waals surface area (Å²) in [4.78, 5) is 22.3. The summed E-state index contributed by atoms with van der Waals surface area (Å²) < 4.78 is 23.1. The van der Waals surface area contributed by atoms with Gasteiger partial charge >= 0.3 is 5.97 Å². The minimum atomic E-state index is -0.807. The molecule has 0 bridgehead atoms. The normalized spacial score (nSPS) is 23.1. The van der Waals surface area contributed by atoms with Gasteiger partial charge in [-0.25, -0.2) is 18.7 Å². The Bertz CT molecular complexity index is 1480. The fourth-order valence-corrected chi connectivity index (χ4v) is 7.07. The molecule has 0 spiro atoms. The van der Waals surface area contributed by atoms with Crippen molar-refractivity contribution in [1.29, 1.82) is 0 Å². The molecule has 2 aromatic heterocycles. The lowest BCUT2D eigenvalue weighted by molar-refractivity contribution is -0.167. The number of rotatable bonds is 8. The molecule has 1 unspecified atom stereocenters. The summed E-state index contributed by atoms with van der Waals surface area (Å²) in [6.07, 6.45) is 8.46. The summed E-state index contributed by atoms with van der Waals surface area (Å²) in [7, 11) is 1.90. The molecule has 2 aliphatic carbocycles. The molecule has 0 radical (unpaired) electrons. The highest BCUT2D eigenvalue weighted by molar-refractivity contribution is 5.90. The minimum absolute atomic E-state index is 0.0466. The van der Waals surface area contributed by atoms with Gasteiger partial charge < -0.3 is 15.2 Å². The number of hydrogen-bond donors (Lipinski definition) is 2. The van der Waals surface area contributed by atoms with Gasteiger partial charge in [0.1, 0.15) is 17.2 Å². The highest BCUT2D eigenvalue weighted by Gasteiger charge is 2.48. The monoisotopic (exact) mass is 547 g/mol. The molecule has 3 heterocycles. The molecule has 8 nitrogen and oxygen atoms in total. The van der Waals surface area contributed by atoms with Crippen LogP contribution in [0.3, 0.4) is 0 Å². The number of aliphatic hydroxyl groups excluding tert-OH is 1. The van der Waals surface area contributed by atoms with Gasteiger partial charge in [-0.15, -0.1) is 5.10 Å². The van der Waals surface area contributed by atoms with E-state index in [1.165, 1.54) is 0 Å². The quantitative estimate of drug-likeness (QED) is 0.367. The lowest BCUT2D eigenvalue weighted by Crippen LogP contribution is -2.47. The Labute approximate surface area is 234 Å². The van der Waals surface area contributed by atoms with E-state index in [0.29, 0.717) is 24.4 Å². The van der Waals surface area contributed by atoms with Crippen molar-refractivity contribution in [2.75, 3.05) is 7.05 Å². The smallest absolute Gasteiger partial charge is 0.338 e.